The van der Waals surface area contributed by atoms with Crippen LogP contribution in [-0.4, -0.2) is 41.7 Å². The topological polar surface area (TPSA) is 70.2 Å². The summed E-state index contributed by atoms with van der Waals surface area (Å²) in [5.41, 5.74) is 0.995. The molecule has 1 atom stereocenters. The van der Waals surface area contributed by atoms with Gasteiger partial charge in [0, 0.05) is 25.5 Å². The molecular formula is C8H15N3O2. The average Bonchev–Trinajstić information content (AvgIpc) is 2.64. The van der Waals surface area contributed by atoms with Crippen molar-refractivity contribution in [2.24, 2.45) is 0 Å². The second kappa shape index (κ2) is 5.69. The van der Waals surface area contributed by atoms with Crippen LogP contribution in [0.3, 0.4) is 0 Å². The SMILES string of the molecule is COCC(CO)NCc1ccn[nH]1. The summed E-state index contributed by atoms with van der Waals surface area (Å²) >= 11 is 0. The first-order valence-corrected chi connectivity index (χ1v) is 4.18. The average molecular weight is 185 g/mol. The molecular weight excluding hydrogens is 170 g/mol. The van der Waals surface area contributed by atoms with E-state index in [2.05, 4.69) is 15.5 Å². The summed E-state index contributed by atoms with van der Waals surface area (Å²) in [4.78, 5) is 0. The quantitative estimate of drug-likeness (QED) is 0.559. The summed E-state index contributed by atoms with van der Waals surface area (Å²) < 4.78 is 4.92. The van der Waals surface area contributed by atoms with E-state index in [9.17, 15) is 0 Å². The first kappa shape index (κ1) is 10.2. The van der Waals surface area contributed by atoms with E-state index in [1.165, 1.54) is 0 Å². The molecule has 0 amide bonds. The Kier molecular flexibility index (Phi) is 4.45. The number of aliphatic hydroxyl groups excluding tert-OH is 1. The maximum Gasteiger partial charge on any atom is 0.0638 e. The number of ether oxygens (including phenoxy) is 1. The van der Waals surface area contributed by atoms with Crippen molar-refractivity contribution in [3.8, 4) is 0 Å². The summed E-state index contributed by atoms with van der Waals surface area (Å²) in [7, 11) is 1.61. The number of hydrogen-bond donors (Lipinski definition) is 3. The van der Waals surface area contributed by atoms with E-state index in [1.54, 1.807) is 13.3 Å². The fraction of sp³-hybridized carbons (Fsp3) is 0.625. The number of aliphatic hydroxyl groups is 1. The Labute approximate surface area is 77.1 Å². The molecule has 0 aliphatic rings. The Balaban J connectivity index is 2.23. The Morgan fingerprint density at radius 1 is 1.77 bits per heavy atom. The molecule has 0 bridgehead atoms. The second-order valence-corrected chi connectivity index (χ2v) is 2.80. The standard InChI is InChI=1S/C8H15N3O2/c1-13-6-8(5-12)9-4-7-2-3-10-11-7/h2-3,8-9,12H,4-6H2,1H3,(H,10,11). The summed E-state index contributed by atoms with van der Waals surface area (Å²) in [5, 5.41) is 18.7. The molecule has 74 valence electrons. The van der Waals surface area contributed by atoms with E-state index in [0.717, 1.165) is 5.69 Å². The zero-order valence-electron chi connectivity index (χ0n) is 7.66. The molecule has 0 radical (unpaired) electrons. The van der Waals surface area contributed by atoms with Gasteiger partial charge >= 0.3 is 0 Å². The second-order valence-electron chi connectivity index (χ2n) is 2.80. The van der Waals surface area contributed by atoms with Crippen molar-refractivity contribution in [3.05, 3.63) is 18.0 Å². The molecule has 5 heteroatoms. The molecule has 0 saturated heterocycles. The molecule has 1 heterocycles. The van der Waals surface area contributed by atoms with Crippen LogP contribution < -0.4 is 5.32 Å². The lowest BCUT2D eigenvalue weighted by atomic mass is 10.3. The number of nitrogens with zero attached hydrogens (tertiary/aromatic N) is 1. The monoisotopic (exact) mass is 185 g/mol. The van der Waals surface area contributed by atoms with Gasteiger partial charge in [-0.3, -0.25) is 5.10 Å². The number of hydrogen-bond acceptors (Lipinski definition) is 4. The van der Waals surface area contributed by atoms with E-state index in [-0.39, 0.29) is 12.6 Å². The van der Waals surface area contributed by atoms with Crippen LogP contribution in [0, 0.1) is 0 Å². The molecule has 0 fully saturated rings. The molecule has 5 nitrogen and oxygen atoms in total. The van der Waals surface area contributed by atoms with Gasteiger partial charge in [-0.1, -0.05) is 0 Å². The van der Waals surface area contributed by atoms with Crippen molar-refractivity contribution in [3.63, 3.8) is 0 Å². The maximum atomic E-state index is 8.92. The van der Waals surface area contributed by atoms with Crippen molar-refractivity contribution in [1.29, 1.82) is 0 Å². The van der Waals surface area contributed by atoms with Gasteiger partial charge in [-0.2, -0.15) is 5.10 Å². The van der Waals surface area contributed by atoms with Crippen LogP contribution in [0.1, 0.15) is 5.69 Å². The zero-order valence-corrected chi connectivity index (χ0v) is 7.66. The molecule has 13 heavy (non-hydrogen) atoms. The molecule has 3 N–H and O–H groups in total. The van der Waals surface area contributed by atoms with Crippen LogP contribution >= 0.6 is 0 Å². The van der Waals surface area contributed by atoms with Gasteiger partial charge in [0.05, 0.1) is 19.3 Å². The van der Waals surface area contributed by atoms with Crippen LogP contribution in [-0.2, 0) is 11.3 Å². The predicted octanol–water partition coefficient (Wildman–Crippen LogP) is -0.493. The molecule has 1 rings (SSSR count). The van der Waals surface area contributed by atoms with Crippen LogP contribution in [0.25, 0.3) is 0 Å². The smallest absolute Gasteiger partial charge is 0.0638 e. The molecule has 0 aliphatic carbocycles. The summed E-state index contributed by atoms with van der Waals surface area (Å²) in [6.07, 6.45) is 1.70. The Morgan fingerprint density at radius 3 is 3.15 bits per heavy atom. The van der Waals surface area contributed by atoms with Gasteiger partial charge in [-0.05, 0) is 6.07 Å². The normalized spacial score (nSPS) is 13.1. The fourth-order valence-corrected chi connectivity index (χ4v) is 1.01. The minimum absolute atomic E-state index is 0.0201. The number of nitrogens with one attached hydrogen (secondary N) is 2. The third-order valence-corrected chi connectivity index (χ3v) is 1.73. The van der Waals surface area contributed by atoms with Gasteiger partial charge in [0.1, 0.15) is 0 Å². The van der Waals surface area contributed by atoms with Gasteiger partial charge in [0.2, 0.25) is 0 Å². The largest absolute Gasteiger partial charge is 0.395 e. The first-order chi connectivity index (χ1) is 6.36. The number of H-pyrrole nitrogens is 1. The molecule has 0 aliphatic heterocycles. The molecule has 1 aromatic rings. The molecule has 1 unspecified atom stereocenters. The highest BCUT2D eigenvalue weighted by molar-refractivity contribution is 4.96. The van der Waals surface area contributed by atoms with Gasteiger partial charge in [0.15, 0.2) is 0 Å². The van der Waals surface area contributed by atoms with Gasteiger partial charge in [-0.25, -0.2) is 0 Å². The van der Waals surface area contributed by atoms with Crippen LogP contribution in [0.2, 0.25) is 0 Å². The predicted molar refractivity (Wildman–Crippen MR) is 48.2 cm³/mol. The minimum atomic E-state index is -0.0201. The third kappa shape index (κ3) is 3.54. The van der Waals surface area contributed by atoms with Crippen LogP contribution in [0.5, 0.6) is 0 Å². The van der Waals surface area contributed by atoms with Crippen molar-refractivity contribution in [2.75, 3.05) is 20.3 Å². The van der Waals surface area contributed by atoms with Crippen molar-refractivity contribution < 1.29 is 9.84 Å². The van der Waals surface area contributed by atoms with Gasteiger partial charge in [0.25, 0.3) is 0 Å². The van der Waals surface area contributed by atoms with Crippen LogP contribution in [0.4, 0.5) is 0 Å². The lowest BCUT2D eigenvalue weighted by Crippen LogP contribution is -2.35. The van der Waals surface area contributed by atoms with E-state index in [0.29, 0.717) is 13.2 Å². The van der Waals surface area contributed by atoms with E-state index in [4.69, 9.17) is 9.84 Å². The lowest BCUT2D eigenvalue weighted by molar-refractivity contribution is 0.128. The third-order valence-electron chi connectivity index (χ3n) is 1.73. The summed E-state index contributed by atoms with van der Waals surface area (Å²) in [6.45, 7) is 1.24. The molecule has 0 saturated carbocycles. The number of aromatic nitrogens is 2. The Hall–Kier alpha value is -0.910. The van der Waals surface area contributed by atoms with E-state index >= 15 is 0 Å². The van der Waals surface area contributed by atoms with E-state index in [1.807, 2.05) is 6.07 Å². The minimum Gasteiger partial charge on any atom is -0.395 e. The highest BCUT2D eigenvalue weighted by Crippen LogP contribution is 1.92. The Bertz CT molecular complexity index is 213. The number of aromatic amines is 1. The van der Waals surface area contributed by atoms with E-state index < -0.39 is 0 Å². The van der Waals surface area contributed by atoms with Crippen molar-refractivity contribution in [2.45, 2.75) is 12.6 Å². The molecule has 1 aromatic heterocycles. The first-order valence-electron chi connectivity index (χ1n) is 4.18. The lowest BCUT2D eigenvalue weighted by Gasteiger charge is -2.13. The van der Waals surface area contributed by atoms with Crippen molar-refractivity contribution >= 4 is 0 Å². The number of methoxy groups -OCH3 is 1. The van der Waals surface area contributed by atoms with Gasteiger partial charge < -0.3 is 15.2 Å². The summed E-state index contributed by atoms with van der Waals surface area (Å²) in [5.74, 6) is 0. The highest BCUT2D eigenvalue weighted by Gasteiger charge is 2.05. The van der Waals surface area contributed by atoms with Gasteiger partial charge in [-0.15, -0.1) is 0 Å². The molecule has 0 spiro atoms. The Morgan fingerprint density at radius 2 is 2.62 bits per heavy atom. The summed E-state index contributed by atoms with van der Waals surface area (Å²) in [6, 6.07) is 1.86. The maximum absolute atomic E-state index is 8.92. The highest BCUT2D eigenvalue weighted by atomic mass is 16.5. The fourth-order valence-electron chi connectivity index (χ4n) is 1.01. The van der Waals surface area contributed by atoms with Crippen LogP contribution in [0.15, 0.2) is 12.3 Å². The number of rotatable bonds is 6. The van der Waals surface area contributed by atoms with Crippen molar-refractivity contribution in [1.82, 2.24) is 15.5 Å². The zero-order chi connectivity index (χ0) is 9.52. The molecule has 0 aromatic carbocycles.